The number of benzene rings is 1. The largest absolute Gasteiger partial charge is 0.356 e. The van der Waals surface area contributed by atoms with Crippen LogP contribution in [-0.4, -0.2) is 36.3 Å². The smallest absolute Gasteiger partial charge is 0.228 e. The Kier molecular flexibility index (Phi) is 4.95. The van der Waals surface area contributed by atoms with Gasteiger partial charge in [-0.1, -0.05) is 29.8 Å². The van der Waals surface area contributed by atoms with Crippen molar-refractivity contribution in [1.29, 1.82) is 0 Å². The maximum absolute atomic E-state index is 14.0. The summed E-state index contributed by atoms with van der Waals surface area (Å²) in [6.45, 7) is 6.21. The molecule has 1 N–H and O–H groups in total. The van der Waals surface area contributed by atoms with Gasteiger partial charge in [-0.2, -0.15) is 0 Å². The molecule has 5 fully saturated rings. The number of carbonyl (C=O) groups is 2. The Hall–Kier alpha value is -1.84. The van der Waals surface area contributed by atoms with Gasteiger partial charge in [-0.05, 0) is 88.0 Å². The molecular weight excluding hydrogens is 372 g/mol. The maximum Gasteiger partial charge on any atom is 0.228 e. The molecule has 0 radical (unpaired) electrons. The van der Waals surface area contributed by atoms with Gasteiger partial charge in [0, 0.05) is 19.6 Å². The molecule has 3 atom stereocenters. The summed E-state index contributed by atoms with van der Waals surface area (Å²) in [5.41, 5.74) is 2.75. The Labute approximate surface area is 180 Å². The van der Waals surface area contributed by atoms with Crippen LogP contribution in [0, 0.1) is 30.1 Å². The molecule has 0 spiro atoms. The highest BCUT2D eigenvalue weighted by molar-refractivity contribution is 5.85. The minimum atomic E-state index is -0.196. The predicted molar refractivity (Wildman–Crippen MR) is 118 cm³/mol. The SMILES string of the molecule is CCNC(=O)C1CCCN(C(=O)C23CC4CC(C2)CC(c2ccc(C)cc2)(C4)C3)C1. The van der Waals surface area contributed by atoms with Gasteiger partial charge in [0.15, 0.2) is 0 Å². The normalized spacial score (nSPS) is 37.3. The standard InChI is InChI=1S/C26H36N2O2/c1-3-27-23(29)21-5-4-10-28(16-21)24(30)26-14-19-11-20(15-26)13-25(12-19,17-26)22-8-6-18(2)7-9-22/h6-9,19-21H,3-5,10-17H2,1-2H3,(H,27,29). The van der Waals surface area contributed by atoms with Crippen LogP contribution < -0.4 is 5.32 Å². The number of nitrogens with one attached hydrogen (secondary N) is 1. The quantitative estimate of drug-likeness (QED) is 0.811. The molecule has 4 aliphatic carbocycles. The van der Waals surface area contributed by atoms with Crippen molar-refractivity contribution in [1.82, 2.24) is 10.2 Å². The third kappa shape index (κ3) is 3.27. The molecule has 0 aromatic heterocycles. The average Bonchev–Trinajstić information content (AvgIpc) is 2.73. The first-order chi connectivity index (χ1) is 14.4. The van der Waals surface area contributed by atoms with Gasteiger partial charge in [-0.3, -0.25) is 9.59 Å². The summed E-state index contributed by atoms with van der Waals surface area (Å²) in [6, 6.07) is 9.13. The lowest BCUT2D eigenvalue weighted by Crippen LogP contribution is -2.60. The molecule has 162 valence electrons. The highest BCUT2D eigenvalue weighted by atomic mass is 16.2. The van der Waals surface area contributed by atoms with E-state index < -0.39 is 0 Å². The van der Waals surface area contributed by atoms with Crippen molar-refractivity contribution in [3.8, 4) is 0 Å². The van der Waals surface area contributed by atoms with Crippen molar-refractivity contribution in [3.63, 3.8) is 0 Å². The van der Waals surface area contributed by atoms with Crippen LogP contribution in [-0.2, 0) is 15.0 Å². The molecule has 5 aliphatic rings. The van der Waals surface area contributed by atoms with E-state index in [-0.39, 0.29) is 22.7 Å². The number of aryl methyl sites for hydroxylation is 1. The number of amides is 2. The van der Waals surface area contributed by atoms with Crippen molar-refractivity contribution >= 4 is 11.8 Å². The topological polar surface area (TPSA) is 49.4 Å². The summed E-state index contributed by atoms with van der Waals surface area (Å²) >= 11 is 0. The number of carbonyl (C=O) groups excluding carboxylic acids is 2. The van der Waals surface area contributed by atoms with Crippen LogP contribution >= 0.6 is 0 Å². The van der Waals surface area contributed by atoms with Gasteiger partial charge in [0.1, 0.15) is 0 Å². The second-order valence-electron chi connectivity index (χ2n) is 10.9. The summed E-state index contributed by atoms with van der Waals surface area (Å²) in [7, 11) is 0. The number of rotatable bonds is 4. The maximum atomic E-state index is 14.0. The van der Waals surface area contributed by atoms with Crippen LogP contribution in [0.3, 0.4) is 0 Å². The minimum absolute atomic E-state index is 0.0392. The van der Waals surface area contributed by atoms with Crippen molar-refractivity contribution in [2.75, 3.05) is 19.6 Å². The van der Waals surface area contributed by atoms with E-state index in [1.807, 2.05) is 6.92 Å². The molecule has 1 heterocycles. The Morgan fingerprint density at radius 3 is 2.47 bits per heavy atom. The lowest BCUT2D eigenvalue weighted by molar-refractivity contribution is -0.162. The second kappa shape index (κ2) is 7.39. The van der Waals surface area contributed by atoms with E-state index in [2.05, 4.69) is 41.4 Å². The van der Waals surface area contributed by atoms with Crippen LogP contribution in [0.4, 0.5) is 0 Å². The highest BCUT2D eigenvalue weighted by Gasteiger charge is 2.61. The van der Waals surface area contributed by atoms with Crippen LogP contribution in [0.15, 0.2) is 24.3 Å². The molecule has 4 nitrogen and oxygen atoms in total. The summed E-state index contributed by atoms with van der Waals surface area (Å²) < 4.78 is 0. The van der Waals surface area contributed by atoms with Gasteiger partial charge < -0.3 is 10.2 Å². The minimum Gasteiger partial charge on any atom is -0.356 e. The van der Waals surface area contributed by atoms with Crippen LogP contribution in [0.2, 0.25) is 0 Å². The van der Waals surface area contributed by atoms with Gasteiger partial charge in [0.25, 0.3) is 0 Å². The molecule has 4 bridgehead atoms. The van der Waals surface area contributed by atoms with E-state index in [1.54, 1.807) is 0 Å². The Bertz CT molecular complexity index is 816. The number of nitrogens with zero attached hydrogens (tertiary/aromatic N) is 1. The zero-order valence-electron chi connectivity index (χ0n) is 18.6. The summed E-state index contributed by atoms with van der Waals surface area (Å²) in [6.07, 6.45) is 8.81. The van der Waals surface area contributed by atoms with E-state index in [1.165, 1.54) is 30.4 Å². The molecule has 3 unspecified atom stereocenters. The number of hydrogen-bond donors (Lipinski definition) is 1. The molecule has 1 aromatic carbocycles. The zero-order valence-corrected chi connectivity index (χ0v) is 18.6. The van der Waals surface area contributed by atoms with E-state index in [9.17, 15) is 9.59 Å². The van der Waals surface area contributed by atoms with Gasteiger partial charge in [0.2, 0.25) is 11.8 Å². The van der Waals surface area contributed by atoms with Crippen molar-refractivity contribution < 1.29 is 9.59 Å². The molecular formula is C26H36N2O2. The molecule has 30 heavy (non-hydrogen) atoms. The fraction of sp³-hybridized carbons (Fsp3) is 0.692. The first-order valence-electron chi connectivity index (χ1n) is 12.1. The number of hydrogen-bond acceptors (Lipinski definition) is 2. The van der Waals surface area contributed by atoms with E-state index in [0.717, 1.165) is 38.6 Å². The van der Waals surface area contributed by atoms with Gasteiger partial charge >= 0.3 is 0 Å². The highest BCUT2D eigenvalue weighted by Crippen LogP contribution is 2.66. The third-order valence-corrected chi connectivity index (χ3v) is 8.61. The average molecular weight is 409 g/mol. The Morgan fingerprint density at radius 1 is 1.10 bits per heavy atom. The first-order valence-corrected chi connectivity index (χ1v) is 12.1. The zero-order chi connectivity index (χ0) is 20.9. The fourth-order valence-corrected chi connectivity index (χ4v) is 7.79. The first kappa shape index (κ1) is 20.1. The summed E-state index contributed by atoms with van der Waals surface area (Å²) in [4.78, 5) is 28.5. The molecule has 4 saturated carbocycles. The number of likely N-dealkylation sites (tertiary alicyclic amines) is 1. The third-order valence-electron chi connectivity index (χ3n) is 8.61. The summed E-state index contributed by atoms with van der Waals surface area (Å²) in [5.74, 6) is 1.81. The molecule has 1 aliphatic heterocycles. The molecule has 4 heteroatoms. The number of piperidine rings is 1. The van der Waals surface area contributed by atoms with Crippen LogP contribution in [0.25, 0.3) is 0 Å². The van der Waals surface area contributed by atoms with Crippen LogP contribution in [0.5, 0.6) is 0 Å². The Balaban J connectivity index is 1.40. The van der Waals surface area contributed by atoms with E-state index >= 15 is 0 Å². The van der Waals surface area contributed by atoms with Crippen molar-refractivity contribution in [2.24, 2.45) is 23.2 Å². The van der Waals surface area contributed by atoms with Crippen molar-refractivity contribution in [3.05, 3.63) is 35.4 Å². The predicted octanol–water partition coefficient (Wildman–Crippen LogP) is 4.21. The van der Waals surface area contributed by atoms with Gasteiger partial charge in [-0.15, -0.1) is 0 Å². The molecule has 1 aromatic rings. The monoisotopic (exact) mass is 408 g/mol. The lowest BCUT2D eigenvalue weighted by atomic mass is 9.42. The fourth-order valence-electron chi connectivity index (χ4n) is 7.79. The molecule has 6 rings (SSSR count). The van der Waals surface area contributed by atoms with E-state index in [4.69, 9.17) is 0 Å². The lowest BCUT2D eigenvalue weighted by Gasteiger charge is -2.62. The van der Waals surface area contributed by atoms with Crippen molar-refractivity contribution in [2.45, 2.75) is 70.6 Å². The van der Waals surface area contributed by atoms with Gasteiger partial charge in [0.05, 0.1) is 11.3 Å². The molecule has 2 amide bonds. The molecule has 1 saturated heterocycles. The second-order valence-corrected chi connectivity index (χ2v) is 10.9. The van der Waals surface area contributed by atoms with Gasteiger partial charge in [-0.25, -0.2) is 0 Å². The van der Waals surface area contributed by atoms with Crippen LogP contribution in [0.1, 0.15) is 69.4 Å². The summed E-state index contributed by atoms with van der Waals surface area (Å²) in [5, 5.41) is 2.97. The Morgan fingerprint density at radius 2 is 1.80 bits per heavy atom. The van der Waals surface area contributed by atoms with E-state index in [0.29, 0.717) is 30.8 Å².